The molecule has 5 aromatic rings. The van der Waals surface area contributed by atoms with Crippen LogP contribution in [0.1, 0.15) is 12.5 Å². The van der Waals surface area contributed by atoms with Gasteiger partial charge in [-0.15, -0.1) is 0 Å². The normalized spacial score (nSPS) is 11.2. The molecule has 4 aromatic carbocycles. The van der Waals surface area contributed by atoms with E-state index in [0.29, 0.717) is 11.1 Å². The first-order valence-corrected chi connectivity index (χ1v) is 14.0. The molecule has 0 saturated carbocycles. The monoisotopic (exact) mass is 537 g/mol. The molecule has 0 bridgehead atoms. The van der Waals surface area contributed by atoms with Crippen LogP contribution in [-0.4, -0.2) is 30.9 Å². The fourth-order valence-electron chi connectivity index (χ4n) is 4.35. The van der Waals surface area contributed by atoms with Crippen molar-refractivity contribution in [3.8, 4) is 39.3 Å². The maximum absolute atomic E-state index is 13.0. The number of aryl methyl sites for hydroxylation is 1. The number of benzene rings is 4. The molecule has 0 aliphatic carbocycles. The molecule has 0 saturated heterocycles. The third-order valence-corrected chi connectivity index (χ3v) is 7.56. The number of carbonyl (C=O) groups is 1. The van der Waals surface area contributed by atoms with Gasteiger partial charge in [0.25, 0.3) is 10.0 Å². The lowest BCUT2D eigenvalue weighted by Gasteiger charge is -2.14. The number of aromatic nitrogens is 2. The minimum Gasteiger partial charge on any atom is -0.449 e. The summed E-state index contributed by atoms with van der Waals surface area (Å²) < 4.78 is 34.7. The molecule has 1 aromatic heterocycles. The molecule has 0 aliphatic rings. The van der Waals surface area contributed by atoms with Gasteiger partial charge in [0.05, 0.1) is 28.6 Å². The predicted molar refractivity (Wildman–Crippen MR) is 152 cm³/mol. The molecule has 5 rings (SSSR count). The maximum atomic E-state index is 13.0. The van der Waals surface area contributed by atoms with Gasteiger partial charge in [-0.1, -0.05) is 90.5 Å². The lowest BCUT2D eigenvalue weighted by molar-refractivity contribution is 0.158. The summed E-state index contributed by atoms with van der Waals surface area (Å²) in [7, 11) is -4.15. The summed E-state index contributed by atoms with van der Waals surface area (Å²) in [4.78, 5) is 11.9. The summed E-state index contributed by atoms with van der Waals surface area (Å²) in [5.74, 6) is 0. The second-order valence-electron chi connectivity index (χ2n) is 8.93. The van der Waals surface area contributed by atoms with Crippen LogP contribution in [0.5, 0.6) is 0 Å². The first-order chi connectivity index (χ1) is 18.9. The summed E-state index contributed by atoms with van der Waals surface area (Å²) in [5.41, 5.74) is 6.67. The summed E-state index contributed by atoms with van der Waals surface area (Å²) in [6, 6.07) is 34.6. The summed E-state index contributed by atoms with van der Waals surface area (Å²) in [6.45, 7) is 3.55. The first kappa shape index (κ1) is 25.9. The van der Waals surface area contributed by atoms with Gasteiger partial charge >= 0.3 is 6.09 Å². The standard InChI is InChI=1S/C31H27N3O4S/c1-3-38-31(35)33-39(36,37)30-19-14-22(2)20-27(30)23-15-17-26(18-16-23)34-29(25-12-8-5-9-13-25)21-28(32-34)24-10-6-4-7-11-24/h4-21H,3H2,1-2H3,(H,33,35). The van der Waals surface area contributed by atoms with Crippen LogP contribution in [0.2, 0.25) is 0 Å². The molecular weight excluding hydrogens is 510 g/mol. The van der Waals surface area contributed by atoms with Crippen molar-refractivity contribution in [3.05, 3.63) is 115 Å². The van der Waals surface area contributed by atoms with E-state index in [2.05, 4.69) is 6.07 Å². The van der Waals surface area contributed by atoms with E-state index in [1.54, 1.807) is 19.1 Å². The van der Waals surface area contributed by atoms with Crippen molar-refractivity contribution in [1.29, 1.82) is 0 Å². The molecule has 7 nitrogen and oxygen atoms in total. The molecule has 196 valence electrons. The lowest BCUT2D eigenvalue weighted by Crippen LogP contribution is -2.31. The first-order valence-electron chi connectivity index (χ1n) is 12.5. The smallest absolute Gasteiger partial charge is 0.421 e. The number of ether oxygens (including phenoxy) is 1. The zero-order valence-electron chi connectivity index (χ0n) is 21.5. The Labute approximate surface area is 227 Å². The van der Waals surface area contributed by atoms with Gasteiger partial charge in [-0.3, -0.25) is 0 Å². The van der Waals surface area contributed by atoms with Gasteiger partial charge in [0.15, 0.2) is 0 Å². The molecule has 0 aliphatic heterocycles. The number of hydrogen-bond acceptors (Lipinski definition) is 5. The van der Waals surface area contributed by atoms with Crippen LogP contribution in [0.15, 0.2) is 114 Å². The van der Waals surface area contributed by atoms with Crippen LogP contribution < -0.4 is 4.72 Å². The molecule has 39 heavy (non-hydrogen) atoms. The van der Waals surface area contributed by atoms with Gasteiger partial charge in [-0.25, -0.2) is 22.6 Å². The minimum absolute atomic E-state index is 0.00988. The zero-order chi connectivity index (χ0) is 27.4. The van der Waals surface area contributed by atoms with E-state index in [1.165, 1.54) is 6.07 Å². The molecule has 0 spiro atoms. The van der Waals surface area contributed by atoms with Crippen LogP contribution >= 0.6 is 0 Å². The Kier molecular flexibility index (Phi) is 7.29. The third kappa shape index (κ3) is 5.61. The Balaban J connectivity index is 1.56. The zero-order valence-corrected chi connectivity index (χ0v) is 22.4. The lowest BCUT2D eigenvalue weighted by atomic mass is 10.0. The fourth-order valence-corrected chi connectivity index (χ4v) is 5.46. The molecule has 1 amide bonds. The van der Waals surface area contributed by atoms with Crippen molar-refractivity contribution in [3.63, 3.8) is 0 Å². The number of sulfonamides is 1. The van der Waals surface area contributed by atoms with E-state index in [-0.39, 0.29) is 11.5 Å². The van der Waals surface area contributed by atoms with Gasteiger partial charge in [0.2, 0.25) is 0 Å². The van der Waals surface area contributed by atoms with Gasteiger partial charge < -0.3 is 4.74 Å². The summed E-state index contributed by atoms with van der Waals surface area (Å²) in [6.07, 6.45) is -1.01. The van der Waals surface area contributed by atoms with Gasteiger partial charge in [0, 0.05) is 16.7 Å². The van der Waals surface area contributed by atoms with E-state index in [9.17, 15) is 13.2 Å². The van der Waals surface area contributed by atoms with E-state index >= 15 is 0 Å². The summed E-state index contributed by atoms with van der Waals surface area (Å²) >= 11 is 0. The highest BCUT2D eigenvalue weighted by Crippen LogP contribution is 2.32. The molecule has 1 heterocycles. The van der Waals surface area contributed by atoms with E-state index < -0.39 is 16.1 Å². The highest BCUT2D eigenvalue weighted by atomic mass is 32.2. The van der Waals surface area contributed by atoms with Crippen molar-refractivity contribution in [2.24, 2.45) is 0 Å². The predicted octanol–water partition coefficient (Wildman–Crippen LogP) is 6.62. The Morgan fingerprint density at radius 2 is 1.46 bits per heavy atom. The van der Waals surface area contributed by atoms with Gasteiger partial charge in [-0.05, 0) is 43.7 Å². The molecule has 0 radical (unpaired) electrons. The molecular formula is C31H27N3O4S. The molecule has 1 N–H and O–H groups in total. The number of nitrogens with zero attached hydrogens (tertiary/aromatic N) is 2. The number of amides is 1. The highest BCUT2D eigenvalue weighted by molar-refractivity contribution is 7.90. The van der Waals surface area contributed by atoms with Gasteiger partial charge in [0.1, 0.15) is 0 Å². The Morgan fingerprint density at radius 1 is 0.821 bits per heavy atom. The van der Waals surface area contributed by atoms with Crippen LogP contribution in [0.25, 0.3) is 39.3 Å². The second-order valence-corrected chi connectivity index (χ2v) is 10.6. The van der Waals surface area contributed by atoms with Crippen LogP contribution in [-0.2, 0) is 14.8 Å². The van der Waals surface area contributed by atoms with Crippen LogP contribution in [0.3, 0.4) is 0 Å². The van der Waals surface area contributed by atoms with E-state index in [1.807, 2.05) is 101 Å². The van der Waals surface area contributed by atoms with E-state index in [0.717, 1.165) is 33.8 Å². The van der Waals surface area contributed by atoms with Crippen molar-refractivity contribution in [2.75, 3.05) is 6.61 Å². The largest absolute Gasteiger partial charge is 0.449 e. The van der Waals surface area contributed by atoms with Crippen molar-refractivity contribution >= 4 is 16.1 Å². The quantitative estimate of drug-likeness (QED) is 0.252. The topological polar surface area (TPSA) is 90.3 Å². The van der Waals surface area contributed by atoms with Gasteiger partial charge in [-0.2, -0.15) is 5.10 Å². The summed E-state index contributed by atoms with van der Waals surface area (Å²) in [5, 5.41) is 4.91. The van der Waals surface area contributed by atoms with Crippen LogP contribution in [0.4, 0.5) is 4.79 Å². The number of carbonyl (C=O) groups excluding carboxylic acids is 1. The Bertz CT molecular complexity index is 1710. The molecule has 8 heteroatoms. The number of nitrogens with one attached hydrogen (secondary N) is 1. The average Bonchev–Trinajstić information content (AvgIpc) is 3.39. The van der Waals surface area contributed by atoms with Crippen molar-refractivity contribution in [2.45, 2.75) is 18.7 Å². The fraction of sp³-hybridized carbons (Fsp3) is 0.0968. The average molecular weight is 538 g/mol. The Hall–Kier alpha value is -4.69. The maximum Gasteiger partial charge on any atom is 0.421 e. The Morgan fingerprint density at radius 3 is 2.10 bits per heavy atom. The van der Waals surface area contributed by atoms with E-state index in [4.69, 9.17) is 9.84 Å². The molecule has 0 fully saturated rings. The molecule has 0 unspecified atom stereocenters. The number of hydrogen-bond donors (Lipinski definition) is 1. The highest BCUT2D eigenvalue weighted by Gasteiger charge is 2.23. The van der Waals surface area contributed by atoms with Crippen LogP contribution in [0, 0.1) is 6.92 Å². The third-order valence-electron chi connectivity index (χ3n) is 6.19. The van der Waals surface area contributed by atoms with Crippen molar-refractivity contribution in [1.82, 2.24) is 14.5 Å². The minimum atomic E-state index is -4.15. The SMILES string of the molecule is CCOC(=O)NS(=O)(=O)c1ccc(C)cc1-c1ccc(-n2nc(-c3ccccc3)cc2-c2ccccc2)cc1. The second kappa shape index (κ2) is 11.0. The number of rotatable bonds is 7. The van der Waals surface area contributed by atoms with Crippen molar-refractivity contribution < 1.29 is 17.9 Å². The molecule has 0 atom stereocenters.